The van der Waals surface area contributed by atoms with Crippen LogP contribution in [0, 0.1) is 13.8 Å². The van der Waals surface area contributed by atoms with Crippen LogP contribution in [0.25, 0.3) is 0 Å². The van der Waals surface area contributed by atoms with Gasteiger partial charge in [-0.2, -0.15) is 4.31 Å². The van der Waals surface area contributed by atoms with Gasteiger partial charge in [-0.05, 0) is 49.6 Å². The second kappa shape index (κ2) is 9.07. The van der Waals surface area contributed by atoms with Crippen molar-refractivity contribution in [1.29, 1.82) is 0 Å². The number of rotatable bonds is 6. The number of nitrogens with zero attached hydrogens (tertiary/aromatic N) is 2. The van der Waals surface area contributed by atoms with Gasteiger partial charge in [0.05, 0.1) is 17.5 Å². The predicted octanol–water partition coefficient (Wildman–Crippen LogP) is 2.49. The van der Waals surface area contributed by atoms with Crippen LogP contribution in [0.1, 0.15) is 29.7 Å². The smallest absolute Gasteiger partial charge is 0.243 e. The van der Waals surface area contributed by atoms with E-state index in [0.29, 0.717) is 31.1 Å². The molecule has 1 aliphatic heterocycles. The van der Waals surface area contributed by atoms with Crippen molar-refractivity contribution >= 4 is 15.9 Å². The van der Waals surface area contributed by atoms with E-state index in [-0.39, 0.29) is 18.5 Å². The van der Waals surface area contributed by atoms with E-state index < -0.39 is 10.0 Å². The summed E-state index contributed by atoms with van der Waals surface area (Å²) in [5, 5.41) is 3.01. The number of nitrogens with one attached hydrogen (secondary N) is 1. The minimum atomic E-state index is -3.50. The maximum absolute atomic E-state index is 12.9. The number of amides is 1. The molecule has 1 saturated heterocycles. The largest absolute Gasteiger partial charge is 0.348 e. The molecule has 1 atom stereocenters. The van der Waals surface area contributed by atoms with Crippen molar-refractivity contribution in [3.8, 4) is 0 Å². The van der Waals surface area contributed by atoms with Gasteiger partial charge < -0.3 is 5.32 Å². The molecule has 2 aromatic carbocycles. The highest BCUT2D eigenvalue weighted by atomic mass is 32.2. The number of aryl methyl sites for hydroxylation is 2. The molecule has 1 N–H and O–H groups in total. The molecular weight excluding hydrogens is 386 g/mol. The summed E-state index contributed by atoms with van der Waals surface area (Å²) in [6.07, 6.45) is 0. The number of benzene rings is 2. The minimum absolute atomic E-state index is 0.0492. The molecule has 156 valence electrons. The van der Waals surface area contributed by atoms with Gasteiger partial charge in [0, 0.05) is 26.2 Å². The topological polar surface area (TPSA) is 69.7 Å². The van der Waals surface area contributed by atoms with E-state index in [0.717, 1.165) is 16.7 Å². The molecule has 0 aromatic heterocycles. The lowest BCUT2D eigenvalue weighted by molar-refractivity contribution is -0.123. The number of carbonyl (C=O) groups is 1. The molecule has 1 amide bonds. The first kappa shape index (κ1) is 21.5. The fraction of sp³-hybridized carbons (Fsp3) is 0.409. The number of piperazine rings is 1. The van der Waals surface area contributed by atoms with Crippen LogP contribution in [0.15, 0.2) is 53.4 Å². The highest BCUT2D eigenvalue weighted by Gasteiger charge is 2.29. The molecule has 1 heterocycles. The van der Waals surface area contributed by atoms with Gasteiger partial charge in [0.2, 0.25) is 15.9 Å². The molecule has 1 unspecified atom stereocenters. The standard InChI is InChI=1S/C22H29N3O3S/c1-17-9-10-21(15-18(17)2)29(27,28)25-13-11-24(12-14-25)16-22(26)23-19(3)20-7-5-4-6-8-20/h4-10,15,19H,11-14,16H2,1-3H3,(H,23,26). The number of hydrogen-bond donors (Lipinski definition) is 1. The van der Waals surface area contributed by atoms with Gasteiger partial charge in [-0.3, -0.25) is 9.69 Å². The first-order chi connectivity index (χ1) is 13.8. The number of carbonyl (C=O) groups excluding carboxylic acids is 1. The lowest BCUT2D eigenvalue weighted by Crippen LogP contribution is -2.51. The van der Waals surface area contributed by atoms with Gasteiger partial charge in [0.1, 0.15) is 0 Å². The summed E-state index contributed by atoms with van der Waals surface area (Å²) >= 11 is 0. The van der Waals surface area contributed by atoms with Crippen LogP contribution >= 0.6 is 0 Å². The Balaban J connectivity index is 1.53. The van der Waals surface area contributed by atoms with Gasteiger partial charge in [-0.25, -0.2) is 8.42 Å². The van der Waals surface area contributed by atoms with Gasteiger partial charge in [-0.15, -0.1) is 0 Å². The lowest BCUT2D eigenvalue weighted by atomic mass is 10.1. The molecule has 0 bridgehead atoms. The van der Waals surface area contributed by atoms with E-state index in [2.05, 4.69) is 5.32 Å². The monoisotopic (exact) mass is 415 g/mol. The molecule has 2 aromatic rings. The molecule has 1 aliphatic rings. The van der Waals surface area contributed by atoms with E-state index in [1.54, 1.807) is 12.1 Å². The summed E-state index contributed by atoms with van der Waals surface area (Å²) in [5.41, 5.74) is 3.10. The summed E-state index contributed by atoms with van der Waals surface area (Å²) in [5.74, 6) is -0.0492. The van der Waals surface area contributed by atoms with Crippen molar-refractivity contribution in [2.75, 3.05) is 32.7 Å². The third-order valence-corrected chi connectivity index (χ3v) is 7.39. The van der Waals surface area contributed by atoms with Crippen LogP contribution in [-0.4, -0.2) is 56.3 Å². The van der Waals surface area contributed by atoms with E-state index in [9.17, 15) is 13.2 Å². The van der Waals surface area contributed by atoms with Crippen molar-refractivity contribution in [3.63, 3.8) is 0 Å². The summed E-state index contributed by atoms with van der Waals surface area (Å²) < 4.78 is 27.3. The average Bonchev–Trinajstić information content (AvgIpc) is 2.71. The third-order valence-electron chi connectivity index (χ3n) is 5.49. The predicted molar refractivity (Wildman–Crippen MR) is 114 cm³/mol. The third kappa shape index (κ3) is 5.23. The molecule has 0 saturated carbocycles. The van der Waals surface area contributed by atoms with E-state index in [4.69, 9.17) is 0 Å². The van der Waals surface area contributed by atoms with Gasteiger partial charge in [0.15, 0.2) is 0 Å². The first-order valence-electron chi connectivity index (χ1n) is 9.91. The van der Waals surface area contributed by atoms with Crippen LogP contribution in [0.2, 0.25) is 0 Å². The van der Waals surface area contributed by atoms with Crippen LogP contribution in [0.3, 0.4) is 0 Å². The summed E-state index contributed by atoms with van der Waals surface area (Å²) in [6.45, 7) is 7.97. The summed E-state index contributed by atoms with van der Waals surface area (Å²) in [6, 6.07) is 15.0. The highest BCUT2D eigenvalue weighted by Crippen LogP contribution is 2.20. The Labute approximate surface area is 173 Å². The quantitative estimate of drug-likeness (QED) is 0.787. The van der Waals surface area contributed by atoms with Gasteiger partial charge in [-0.1, -0.05) is 36.4 Å². The zero-order valence-electron chi connectivity index (χ0n) is 17.3. The molecule has 6 nitrogen and oxygen atoms in total. The number of sulfonamides is 1. The van der Waals surface area contributed by atoms with Crippen molar-refractivity contribution < 1.29 is 13.2 Å². The highest BCUT2D eigenvalue weighted by molar-refractivity contribution is 7.89. The van der Waals surface area contributed by atoms with Gasteiger partial charge >= 0.3 is 0 Å². The van der Waals surface area contributed by atoms with Crippen LogP contribution < -0.4 is 5.32 Å². The minimum Gasteiger partial charge on any atom is -0.348 e. The van der Waals surface area contributed by atoms with Crippen LogP contribution in [-0.2, 0) is 14.8 Å². The fourth-order valence-corrected chi connectivity index (χ4v) is 4.97. The summed E-state index contributed by atoms with van der Waals surface area (Å²) in [7, 11) is -3.50. The van der Waals surface area contributed by atoms with Crippen LogP contribution in [0.4, 0.5) is 0 Å². The van der Waals surface area contributed by atoms with Crippen LogP contribution in [0.5, 0.6) is 0 Å². The molecule has 3 rings (SSSR count). The van der Waals surface area contributed by atoms with E-state index in [1.165, 1.54) is 4.31 Å². The Morgan fingerprint density at radius 2 is 1.66 bits per heavy atom. The maximum atomic E-state index is 12.9. The maximum Gasteiger partial charge on any atom is 0.243 e. The fourth-order valence-electron chi connectivity index (χ4n) is 3.47. The first-order valence-corrected chi connectivity index (χ1v) is 11.4. The molecule has 0 aliphatic carbocycles. The van der Waals surface area contributed by atoms with Crippen molar-refractivity contribution in [2.24, 2.45) is 0 Å². The Bertz CT molecular complexity index is 953. The lowest BCUT2D eigenvalue weighted by Gasteiger charge is -2.33. The molecular formula is C22H29N3O3S. The van der Waals surface area contributed by atoms with Gasteiger partial charge in [0.25, 0.3) is 0 Å². The molecule has 7 heteroatoms. The number of hydrogen-bond acceptors (Lipinski definition) is 4. The Kier molecular flexibility index (Phi) is 6.72. The van der Waals surface area contributed by atoms with Crippen molar-refractivity contribution in [2.45, 2.75) is 31.7 Å². The average molecular weight is 416 g/mol. The molecule has 1 fully saturated rings. The normalized spacial score (nSPS) is 17.1. The summed E-state index contributed by atoms with van der Waals surface area (Å²) in [4.78, 5) is 14.7. The van der Waals surface area contributed by atoms with Crippen molar-refractivity contribution in [3.05, 3.63) is 65.2 Å². The Hall–Kier alpha value is -2.22. The Morgan fingerprint density at radius 1 is 1.00 bits per heavy atom. The Morgan fingerprint density at radius 3 is 2.28 bits per heavy atom. The molecule has 0 spiro atoms. The van der Waals surface area contributed by atoms with E-state index in [1.807, 2.05) is 62.1 Å². The SMILES string of the molecule is Cc1ccc(S(=O)(=O)N2CCN(CC(=O)NC(C)c3ccccc3)CC2)cc1C. The second-order valence-electron chi connectivity index (χ2n) is 7.63. The van der Waals surface area contributed by atoms with Crippen molar-refractivity contribution in [1.82, 2.24) is 14.5 Å². The molecule has 0 radical (unpaired) electrons. The zero-order valence-corrected chi connectivity index (χ0v) is 18.1. The second-order valence-corrected chi connectivity index (χ2v) is 9.56. The molecule has 29 heavy (non-hydrogen) atoms. The van der Waals surface area contributed by atoms with E-state index >= 15 is 0 Å². The zero-order chi connectivity index (χ0) is 21.0.